The molecule has 0 spiro atoms. The fourth-order valence-corrected chi connectivity index (χ4v) is 1.15. The first-order valence-corrected chi connectivity index (χ1v) is 4.16. The smallest absolute Gasteiger partial charge is 0.324 e. The number of cyclic esters (lactones) is 1. The van der Waals surface area contributed by atoms with Gasteiger partial charge in [-0.2, -0.15) is 0 Å². The Balaban J connectivity index is 2.30. The summed E-state index contributed by atoms with van der Waals surface area (Å²) in [7, 11) is 0. The molecule has 1 saturated heterocycles. The van der Waals surface area contributed by atoms with Crippen LogP contribution in [0.15, 0.2) is 0 Å². The second-order valence-electron chi connectivity index (χ2n) is 2.93. The average Bonchev–Trinajstić information content (AvgIpc) is 2.31. The fraction of sp³-hybridized carbons (Fsp3) is 0.875. The largest absolute Gasteiger partial charge is 0.448 e. The van der Waals surface area contributed by atoms with Gasteiger partial charge in [0.2, 0.25) is 0 Å². The molecule has 0 amide bonds. The molecular weight excluding hydrogens is 142 g/mol. The topological polar surface area (TPSA) is 29.5 Å². The Labute approximate surface area is 67.3 Å². The van der Waals surface area contributed by atoms with Crippen LogP contribution < -0.4 is 0 Å². The minimum absolute atomic E-state index is 0.0263. The van der Waals surface area contributed by atoms with E-state index in [1.165, 1.54) is 0 Å². The molecule has 1 heterocycles. The van der Waals surface area contributed by atoms with Crippen molar-refractivity contribution in [3.05, 3.63) is 0 Å². The van der Waals surface area contributed by atoms with Crippen LogP contribution in [0.3, 0.4) is 0 Å². The van der Waals surface area contributed by atoms with Crippen LogP contribution in [0.2, 0.25) is 0 Å². The number of unbranched alkanes of at least 4 members (excludes halogenated alkanes) is 1. The van der Waals surface area contributed by atoms with Crippen molar-refractivity contribution in [2.45, 2.75) is 32.7 Å². The van der Waals surface area contributed by atoms with Gasteiger partial charge in [0.05, 0.1) is 0 Å². The lowest BCUT2D eigenvalue weighted by molar-refractivity contribution is -0.138. The molecule has 0 aromatic carbocycles. The molecule has 1 rings (SSSR count). The Bertz CT molecular complexity index is 147. The monoisotopic (exact) mass is 157 g/mol. The van der Waals surface area contributed by atoms with Crippen LogP contribution >= 0.6 is 0 Å². The van der Waals surface area contributed by atoms with Crippen LogP contribution in [0.5, 0.6) is 0 Å². The Morgan fingerprint density at radius 2 is 2.45 bits per heavy atom. The lowest BCUT2D eigenvalue weighted by atomic mass is 10.2. The first-order chi connectivity index (χ1) is 5.25. The summed E-state index contributed by atoms with van der Waals surface area (Å²) in [6, 6.07) is -0.0263. The highest BCUT2D eigenvalue weighted by Crippen LogP contribution is 2.10. The van der Waals surface area contributed by atoms with E-state index in [1.54, 1.807) is 0 Å². The van der Waals surface area contributed by atoms with Gasteiger partial charge in [-0.05, 0) is 13.3 Å². The van der Waals surface area contributed by atoms with Gasteiger partial charge < -0.3 is 4.74 Å². The number of nitrogens with zero attached hydrogens (tertiary/aromatic N) is 1. The maximum absolute atomic E-state index is 10.9. The van der Waals surface area contributed by atoms with Crippen molar-refractivity contribution in [2.24, 2.45) is 0 Å². The van der Waals surface area contributed by atoms with Crippen molar-refractivity contribution >= 4 is 5.97 Å². The molecule has 0 radical (unpaired) electrons. The SMILES string of the molecule is CCCCN1COC(=O)C1C. The van der Waals surface area contributed by atoms with Gasteiger partial charge in [0.15, 0.2) is 0 Å². The highest BCUT2D eigenvalue weighted by molar-refractivity contribution is 5.76. The molecule has 1 unspecified atom stereocenters. The van der Waals surface area contributed by atoms with Crippen molar-refractivity contribution < 1.29 is 9.53 Å². The molecule has 0 aliphatic carbocycles. The number of hydrogen-bond acceptors (Lipinski definition) is 3. The van der Waals surface area contributed by atoms with Crippen molar-refractivity contribution in [1.82, 2.24) is 4.90 Å². The van der Waals surface area contributed by atoms with Gasteiger partial charge in [-0.3, -0.25) is 9.69 Å². The number of carbonyl (C=O) groups is 1. The van der Waals surface area contributed by atoms with Crippen molar-refractivity contribution in [3.8, 4) is 0 Å². The zero-order valence-corrected chi connectivity index (χ0v) is 7.17. The molecular formula is C8H15NO2. The lowest BCUT2D eigenvalue weighted by Crippen LogP contribution is -2.30. The van der Waals surface area contributed by atoms with E-state index in [4.69, 9.17) is 4.74 Å². The molecule has 11 heavy (non-hydrogen) atoms. The molecule has 0 aromatic rings. The van der Waals surface area contributed by atoms with Gasteiger partial charge in [-0.1, -0.05) is 13.3 Å². The third-order valence-electron chi connectivity index (χ3n) is 2.06. The summed E-state index contributed by atoms with van der Waals surface area (Å²) in [6.07, 6.45) is 2.30. The summed E-state index contributed by atoms with van der Waals surface area (Å²) < 4.78 is 4.86. The maximum Gasteiger partial charge on any atom is 0.324 e. The highest BCUT2D eigenvalue weighted by atomic mass is 16.6. The molecule has 1 aliphatic rings. The summed E-state index contributed by atoms with van der Waals surface area (Å²) in [5.41, 5.74) is 0. The van der Waals surface area contributed by atoms with Crippen LogP contribution in [-0.4, -0.2) is 30.2 Å². The van der Waals surface area contributed by atoms with Gasteiger partial charge in [0, 0.05) is 6.54 Å². The second kappa shape index (κ2) is 3.72. The van der Waals surface area contributed by atoms with Crippen molar-refractivity contribution in [1.29, 1.82) is 0 Å². The minimum atomic E-state index is -0.0823. The Morgan fingerprint density at radius 1 is 1.73 bits per heavy atom. The van der Waals surface area contributed by atoms with Crippen LogP contribution in [0.1, 0.15) is 26.7 Å². The van der Waals surface area contributed by atoms with Crippen molar-refractivity contribution in [3.63, 3.8) is 0 Å². The molecule has 0 saturated carbocycles. The van der Waals surface area contributed by atoms with Crippen molar-refractivity contribution in [2.75, 3.05) is 13.3 Å². The maximum atomic E-state index is 10.9. The Kier molecular flexibility index (Phi) is 2.88. The molecule has 64 valence electrons. The fourth-order valence-electron chi connectivity index (χ4n) is 1.15. The Hall–Kier alpha value is -0.570. The third kappa shape index (κ3) is 1.93. The van der Waals surface area contributed by atoms with Gasteiger partial charge in [0.1, 0.15) is 12.8 Å². The van der Waals surface area contributed by atoms with Gasteiger partial charge in [-0.15, -0.1) is 0 Å². The van der Waals surface area contributed by atoms with E-state index >= 15 is 0 Å². The molecule has 1 fully saturated rings. The van der Waals surface area contributed by atoms with E-state index in [9.17, 15) is 4.79 Å². The average molecular weight is 157 g/mol. The van der Waals surface area contributed by atoms with E-state index in [-0.39, 0.29) is 12.0 Å². The van der Waals surface area contributed by atoms with Crippen LogP contribution in [0.4, 0.5) is 0 Å². The molecule has 0 aromatic heterocycles. The summed E-state index contributed by atoms with van der Waals surface area (Å²) in [5.74, 6) is -0.0823. The quantitative estimate of drug-likeness (QED) is 0.572. The van der Waals surface area contributed by atoms with E-state index < -0.39 is 0 Å². The van der Waals surface area contributed by atoms with E-state index in [0.717, 1.165) is 19.4 Å². The predicted molar refractivity (Wildman–Crippen MR) is 42.0 cm³/mol. The number of ether oxygens (including phenoxy) is 1. The summed E-state index contributed by atoms with van der Waals surface area (Å²) in [4.78, 5) is 12.9. The predicted octanol–water partition coefficient (Wildman–Crippen LogP) is 0.991. The van der Waals surface area contributed by atoms with Gasteiger partial charge in [-0.25, -0.2) is 0 Å². The zero-order valence-electron chi connectivity index (χ0n) is 7.17. The van der Waals surface area contributed by atoms with E-state index in [0.29, 0.717) is 6.73 Å². The summed E-state index contributed by atoms with van der Waals surface area (Å²) in [6.45, 7) is 5.50. The molecule has 1 atom stereocenters. The normalized spacial score (nSPS) is 25.6. The van der Waals surface area contributed by atoms with Gasteiger partial charge >= 0.3 is 5.97 Å². The van der Waals surface area contributed by atoms with Gasteiger partial charge in [0.25, 0.3) is 0 Å². The number of hydrogen-bond donors (Lipinski definition) is 0. The first kappa shape index (κ1) is 8.53. The third-order valence-corrected chi connectivity index (χ3v) is 2.06. The minimum Gasteiger partial charge on any atom is -0.448 e. The van der Waals surface area contributed by atoms with Crippen LogP contribution in [-0.2, 0) is 9.53 Å². The zero-order chi connectivity index (χ0) is 8.27. The van der Waals surface area contributed by atoms with Crippen LogP contribution in [0.25, 0.3) is 0 Å². The molecule has 3 nitrogen and oxygen atoms in total. The van der Waals surface area contributed by atoms with E-state index in [2.05, 4.69) is 11.8 Å². The highest BCUT2D eigenvalue weighted by Gasteiger charge is 2.29. The summed E-state index contributed by atoms with van der Waals surface area (Å²) >= 11 is 0. The number of carbonyl (C=O) groups excluding carboxylic acids is 1. The molecule has 0 bridgehead atoms. The number of esters is 1. The van der Waals surface area contributed by atoms with E-state index in [1.807, 2.05) is 6.92 Å². The molecule has 3 heteroatoms. The number of rotatable bonds is 3. The van der Waals surface area contributed by atoms with Crippen LogP contribution in [0, 0.1) is 0 Å². The lowest BCUT2D eigenvalue weighted by Gasteiger charge is -2.14. The summed E-state index contributed by atoms with van der Waals surface area (Å²) in [5, 5.41) is 0. The standard InChI is InChI=1S/C8H15NO2/c1-3-4-5-9-6-11-8(10)7(9)2/h7H,3-6H2,1-2H3. The Morgan fingerprint density at radius 3 is 2.91 bits per heavy atom. The first-order valence-electron chi connectivity index (χ1n) is 4.16. The molecule has 1 aliphatic heterocycles. The molecule has 0 N–H and O–H groups in total. The second-order valence-corrected chi connectivity index (χ2v) is 2.93.